The molecule has 0 aliphatic rings. The number of hydrogen-bond acceptors (Lipinski definition) is 4. The molecule has 4 heteroatoms. The van der Waals surface area contributed by atoms with E-state index in [1.165, 1.54) is 167 Å². The van der Waals surface area contributed by atoms with Crippen LogP contribution in [0.2, 0.25) is 0 Å². The van der Waals surface area contributed by atoms with E-state index < -0.39 is 6.10 Å². The molecule has 0 aromatic heterocycles. The summed E-state index contributed by atoms with van der Waals surface area (Å²) < 4.78 is 11.2. The molecule has 0 saturated heterocycles. The Morgan fingerprint density at radius 2 is 0.849 bits per heavy atom. The zero-order chi connectivity index (χ0) is 38.4. The molecule has 0 aliphatic carbocycles. The number of rotatable bonds is 43. The summed E-state index contributed by atoms with van der Waals surface area (Å²) in [6.45, 7) is 5.26. The van der Waals surface area contributed by atoms with Crippen LogP contribution >= 0.6 is 0 Å². The lowest BCUT2D eigenvalue weighted by Gasteiger charge is -2.16. The molecule has 0 amide bonds. The number of aliphatic hydroxyl groups is 1. The van der Waals surface area contributed by atoms with Gasteiger partial charge in [0.2, 0.25) is 0 Å². The molecule has 53 heavy (non-hydrogen) atoms. The Kier molecular flexibility index (Phi) is 45.1. The zero-order valence-electron chi connectivity index (χ0n) is 35.5. The highest BCUT2D eigenvalue weighted by molar-refractivity contribution is 5.69. The molecular weight excluding hydrogens is 653 g/mol. The quantitative estimate of drug-likeness (QED) is 0.0384. The van der Waals surface area contributed by atoms with Crippen molar-refractivity contribution < 1.29 is 19.4 Å². The summed E-state index contributed by atoms with van der Waals surface area (Å²) in [7, 11) is 0. The van der Waals surface area contributed by atoms with Gasteiger partial charge in [0, 0.05) is 13.0 Å². The molecule has 4 nitrogen and oxygen atoms in total. The van der Waals surface area contributed by atoms with Crippen molar-refractivity contribution in [1.82, 2.24) is 0 Å². The van der Waals surface area contributed by atoms with Crippen molar-refractivity contribution in [2.45, 2.75) is 238 Å². The Morgan fingerprint density at radius 3 is 1.28 bits per heavy atom. The number of ether oxygens (including phenoxy) is 2. The second-order valence-corrected chi connectivity index (χ2v) is 15.5. The smallest absolute Gasteiger partial charge is 0.306 e. The van der Waals surface area contributed by atoms with Crippen LogP contribution in [0.3, 0.4) is 0 Å². The number of esters is 1. The number of hydrogen-bond donors (Lipinski definition) is 1. The minimum Gasteiger partial charge on any atom is -0.457 e. The van der Waals surface area contributed by atoms with Gasteiger partial charge in [-0.05, 0) is 51.4 Å². The van der Waals surface area contributed by atoms with Gasteiger partial charge in [0.1, 0.15) is 6.10 Å². The Hall–Kier alpha value is -1.65. The predicted molar refractivity (Wildman–Crippen MR) is 233 cm³/mol. The third kappa shape index (κ3) is 44.6. The van der Waals surface area contributed by atoms with E-state index >= 15 is 0 Å². The Bertz CT molecular complexity index is 828. The molecule has 0 bridgehead atoms. The summed E-state index contributed by atoms with van der Waals surface area (Å²) in [6, 6.07) is 0. The van der Waals surface area contributed by atoms with Crippen LogP contribution in [0.25, 0.3) is 0 Å². The van der Waals surface area contributed by atoms with E-state index in [-0.39, 0.29) is 12.6 Å². The minimum absolute atomic E-state index is 0.173. The molecule has 0 heterocycles. The molecule has 0 radical (unpaired) electrons. The average Bonchev–Trinajstić information content (AvgIpc) is 3.16. The third-order valence-corrected chi connectivity index (χ3v) is 10.2. The highest BCUT2D eigenvalue weighted by atomic mass is 16.6. The van der Waals surface area contributed by atoms with Crippen LogP contribution in [-0.2, 0) is 14.3 Å². The first-order valence-electron chi connectivity index (χ1n) is 23.2. The molecule has 1 N–H and O–H groups in total. The topological polar surface area (TPSA) is 55.8 Å². The SMILES string of the molecule is CC/C=C\C/C=C\C/C=C\C/C=C\CCCCCCCCCCC(=O)OC(CO)COCCCCCCCCCCCCCCCCCCCCCC. The highest BCUT2D eigenvalue weighted by Gasteiger charge is 2.13. The van der Waals surface area contributed by atoms with Crippen molar-refractivity contribution in [2.75, 3.05) is 19.8 Å². The predicted octanol–water partition coefficient (Wildman–Crippen LogP) is 15.4. The molecule has 1 atom stereocenters. The lowest BCUT2D eigenvalue weighted by atomic mass is 10.0. The second-order valence-electron chi connectivity index (χ2n) is 15.5. The molecule has 0 saturated carbocycles. The van der Waals surface area contributed by atoms with Crippen LogP contribution < -0.4 is 0 Å². The fraction of sp³-hybridized carbons (Fsp3) is 0.816. The van der Waals surface area contributed by atoms with Crippen LogP contribution in [-0.4, -0.2) is 37.0 Å². The van der Waals surface area contributed by atoms with Crippen LogP contribution in [0.15, 0.2) is 48.6 Å². The molecule has 310 valence electrons. The van der Waals surface area contributed by atoms with Gasteiger partial charge in [0.15, 0.2) is 0 Å². The maximum Gasteiger partial charge on any atom is 0.306 e. The van der Waals surface area contributed by atoms with E-state index in [2.05, 4.69) is 62.5 Å². The lowest BCUT2D eigenvalue weighted by molar-refractivity contribution is -0.154. The zero-order valence-corrected chi connectivity index (χ0v) is 35.5. The summed E-state index contributed by atoms with van der Waals surface area (Å²) in [5, 5.41) is 9.63. The van der Waals surface area contributed by atoms with Crippen molar-refractivity contribution in [3.63, 3.8) is 0 Å². The fourth-order valence-corrected chi connectivity index (χ4v) is 6.73. The molecule has 0 rings (SSSR count). The van der Waals surface area contributed by atoms with Crippen LogP contribution in [0.5, 0.6) is 0 Å². The molecule has 0 aliphatic heterocycles. The first-order valence-corrected chi connectivity index (χ1v) is 23.2. The maximum absolute atomic E-state index is 12.2. The molecule has 0 spiro atoms. The van der Waals surface area contributed by atoms with Crippen LogP contribution in [0.4, 0.5) is 0 Å². The molecule has 1 unspecified atom stereocenters. The van der Waals surface area contributed by atoms with Gasteiger partial charge in [0.25, 0.3) is 0 Å². The van der Waals surface area contributed by atoms with Gasteiger partial charge in [-0.15, -0.1) is 0 Å². The fourth-order valence-electron chi connectivity index (χ4n) is 6.73. The van der Waals surface area contributed by atoms with Crippen molar-refractivity contribution in [1.29, 1.82) is 0 Å². The molecule has 0 aromatic carbocycles. The summed E-state index contributed by atoms with van der Waals surface area (Å²) in [5.41, 5.74) is 0. The maximum atomic E-state index is 12.2. The van der Waals surface area contributed by atoms with E-state index in [0.29, 0.717) is 19.6 Å². The van der Waals surface area contributed by atoms with Gasteiger partial charge in [0.05, 0.1) is 13.2 Å². The number of unbranched alkanes of at least 4 members (excludes halogenated alkanes) is 27. The van der Waals surface area contributed by atoms with E-state index in [1.54, 1.807) is 0 Å². The van der Waals surface area contributed by atoms with Gasteiger partial charge < -0.3 is 14.6 Å². The summed E-state index contributed by atoms with van der Waals surface area (Å²) in [6.07, 6.45) is 60.4. The molecule has 0 fully saturated rings. The standard InChI is InChI=1S/C49H90O4/c1-3-5-7-9-11-13-15-17-19-21-23-25-26-28-30-32-34-36-38-40-42-44-49(51)53-48(46-50)47-52-45-43-41-39-37-35-33-31-29-27-24-22-20-18-16-14-12-10-8-6-4-2/h5,7,11,13,17,19,23,25,48,50H,3-4,6,8-10,12,14-16,18,20-22,24,26-47H2,1-2H3/b7-5-,13-11-,19-17-,25-23-. The Balaban J connectivity index is 3.42. The van der Waals surface area contributed by atoms with E-state index in [0.717, 1.165) is 44.9 Å². The van der Waals surface area contributed by atoms with Crippen LogP contribution in [0.1, 0.15) is 232 Å². The van der Waals surface area contributed by atoms with E-state index in [9.17, 15) is 9.90 Å². The highest BCUT2D eigenvalue weighted by Crippen LogP contribution is 2.15. The van der Waals surface area contributed by atoms with Crippen LogP contribution in [0, 0.1) is 0 Å². The normalized spacial score (nSPS) is 12.7. The summed E-state index contributed by atoms with van der Waals surface area (Å²) in [4.78, 5) is 12.2. The molecule has 0 aromatic rings. The Labute approximate surface area is 331 Å². The van der Waals surface area contributed by atoms with Crippen molar-refractivity contribution in [3.8, 4) is 0 Å². The van der Waals surface area contributed by atoms with E-state index in [1.807, 2.05) is 0 Å². The minimum atomic E-state index is -0.538. The first kappa shape index (κ1) is 51.4. The monoisotopic (exact) mass is 743 g/mol. The van der Waals surface area contributed by atoms with Crippen molar-refractivity contribution in [3.05, 3.63) is 48.6 Å². The summed E-state index contributed by atoms with van der Waals surface area (Å²) >= 11 is 0. The van der Waals surface area contributed by atoms with Crippen molar-refractivity contribution in [2.24, 2.45) is 0 Å². The number of allylic oxidation sites excluding steroid dienone is 8. The first-order chi connectivity index (χ1) is 26.2. The van der Waals surface area contributed by atoms with Gasteiger partial charge in [-0.2, -0.15) is 0 Å². The van der Waals surface area contributed by atoms with Gasteiger partial charge in [-0.1, -0.05) is 223 Å². The van der Waals surface area contributed by atoms with E-state index in [4.69, 9.17) is 9.47 Å². The number of aliphatic hydroxyl groups excluding tert-OH is 1. The second kappa shape index (κ2) is 46.5. The average molecular weight is 743 g/mol. The number of carbonyl (C=O) groups excluding carboxylic acids is 1. The Morgan fingerprint density at radius 1 is 0.472 bits per heavy atom. The van der Waals surface area contributed by atoms with Crippen molar-refractivity contribution >= 4 is 5.97 Å². The third-order valence-electron chi connectivity index (χ3n) is 10.2. The summed E-state index contributed by atoms with van der Waals surface area (Å²) in [5.74, 6) is -0.206. The lowest BCUT2D eigenvalue weighted by Crippen LogP contribution is -2.27. The molecular formula is C49H90O4. The van der Waals surface area contributed by atoms with Gasteiger partial charge in [-0.25, -0.2) is 0 Å². The van der Waals surface area contributed by atoms with Gasteiger partial charge in [-0.3, -0.25) is 4.79 Å². The largest absolute Gasteiger partial charge is 0.457 e. The van der Waals surface area contributed by atoms with Gasteiger partial charge >= 0.3 is 5.97 Å². The number of carbonyl (C=O) groups is 1.